The molecule has 2 aromatic rings. The summed E-state index contributed by atoms with van der Waals surface area (Å²) in [6, 6.07) is 4.45. The van der Waals surface area contributed by atoms with Crippen LogP contribution in [-0.2, 0) is 0 Å². The largest absolute Gasteiger partial charge is 0.366 e. The van der Waals surface area contributed by atoms with Gasteiger partial charge in [-0.05, 0) is 18.2 Å². The van der Waals surface area contributed by atoms with E-state index in [0.717, 1.165) is 0 Å². The van der Waals surface area contributed by atoms with Gasteiger partial charge >= 0.3 is 0 Å². The molecule has 2 heterocycles. The number of nitrogens with one attached hydrogen (secondary N) is 1. The molecular formula is C12H9ClN4O2. The fourth-order valence-corrected chi connectivity index (χ4v) is 1.65. The molecule has 0 fully saturated rings. The van der Waals surface area contributed by atoms with Crippen LogP contribution >= 0.6 is 11.6 Å². The average molecular weight is 277 g/mol. The van der Waals surface area contributed by atoms with Crippen LogP contribution in [0.3, 0.4) is 0 Å². The van der Waals surface area contributed by atoms with Crippen LogP contribution in [0.25, 0.3) is 0 Å². The fraction of sp³-hybridized carbons (Fsp3) is 0. The molecule has 0 saturated carbocycles. The molecule has 2 rings (SSSR count). The van der Waals surface area contributed by atoms with Crippen molar-refractivity contribution in [3.63, 3.8) is 0 Å². The molecule has 0 bridgehead atoms. The van der Waals surface area contributed by atoms with Crippen molar-refractivity contribution in [3.05, 3.63) is 53.1 Å². The summed E-state index contributed by atoms with van der Waals surface area (Å²) in [4.78, 5) is 30.8. The molecular weight excluding hydrogens is 268 g/mol. The van der Waals surface area contributed by atoms with E-state index >= 15 is 0 Å². The lowest BCUT2D eigenvalue weighted by Crippen LogP contribution is -2.19. The predicted octanol–water partition coefficient (Wildman–Crippen LogP) is 1.48. The SMILES string of the molecule is NC(=O)c1ccnc(Cl)c1NC(=O)c1ccncc1. The second kappa shape index (κ2) is 5.45. The molecule has 3 N–H and O–H groups in total. The maximum absolute atomic E-state index is 12.0. The molecule has 0 aliphatic heterocycles. The van der Waals surface area contributed by atoms with E-state index in [1.165, 1.54) is 36.8 Å². The lowest BCUT2D eigenvalue weighted by Gasteiger charge is -2.09. The highest BCUT2D eigenvalue weighted by Gasteiger charge is 2.16. The first-order valence-electron chi connectivity index (χ1n) is 5.25. The van der Waals surface area contributed by atoms with Crippen LogP contribution in [0.15, 0.2) is 36.8 Å². The number of nitrogens with two attached hydrogens (primary N) is 1. The Kier molecular flexibility index (Phi) is 3.72. The summed E-state index contributed by atoms with van der Waals surface area (Å²) in [7, 11) is 0. The molecule has 0 saturated heterocycles. The van der Waals surface area contributed by atoms with Crippen molar-refractivity contribution >= 4 is 29.1 Å². The first-order valence-corrected chi connectivity index (χ1v) is 5.63. The summed E-state index contributed by atoms with van der Waals surface area (Å²) in [6.45, 7) is 0. The van der Waals surface area contributed by atoms with Gasteiger partial charge < -0.3 is 11.1 Å². The zero-order valence-corrected chi connectivity index (χ0v) is 10.4. The maximum Gasteiger partial charge on any atom is 0.255 e. The van der Waals surface area contributed by atoms with Crippen molar-refractivity contribution in [3.8, 4) is 0 Å². The van der Waals surface area contributed by atoms with E-state index in [0.29, 0.717) is 5.56 Å². The third-order valence-electron chi connectivity index (χ3n) is 2.35. The Labute approximate surface area is 113 Å². The fourth-order valence-electron chi connectivity index (χ4n) is 1.45. The molecule has 0 aromatic carbocycles. The Morgan fingerprint density at radius 1 is 1.16 bits per heavy atom. The van der Waals surface area contributed by atoms with Crippen molar-refractivity contribution in [2.24, 2.45) is 5.73 Å². The molecule has 2 aromatic heterocycles. The molecule has 0 unspecified atom stereocenters. The standard InChI is InChI=1S/C12H9ClN4O2/c13-10-9(8(11(14)18)3-6-16-10)17-12(19)7-1-4-15-5-2-7/h1-6H,(H2,14,18)(H,17,19). The van der Waals surface area contributed by atoms with Gasteiger partial charge in [0.15, 0.2) is 5.15 Å². The second-order valence-corrected chi connectivity index (χ2v) is 3.94. The van der Waals surface area contributed by atoms with E-state index in [9.17, 15) is 9.59 Å². The quantitative estimate of drug-likeness (QED) is 0.830. The minimum Gasteiger partial charge on any atom is -0.366 e. The first kappa shape index (κ1) is 13.0. The Morgan fingerprint density at radius 3 is 2.47 bits per heavy atom. The van der Waals surface area contributed by atoms with Gasteiger partial charge in [0.1, 0.15) is 0 Å². The Hall–Kier alpha value is -2.47. The van der Waals surface area contributed by atoms with Crippen LogP contribution in [0, 0.1) is 0 Å². The highest BCUT2D eigenvalue weighted by atomic mass is 35.5. The number of halogens is 1. The molecule has 7 heteroatoms. The number of rotatable bonds is 3. The third kappa shape index (κ3) is 2.86. The number of amides is 2. The van der Waals surface area contributed by atoms with Gasteiger partial charge in [0.25, 0.3) is 11.8 Å². The van der Waals surface area contributed by atoms with Crippen molar-refractivity contribution < 1.29 is 9.59 Å². The second-order valence-electron chi connectivity index (χ2n) is 3.58. The van der Waals surface area contributed by atoms with Gasteiger partial charge in [-0.1, -0.05) is 11.6 Å². The molecule has 0 aliphatic carbocycles. The zero-order valence-electron chi connectivity index (χ0n) is 9.63. The van der Waals surface area contributed by atoms with Crippen LogP contribution in [0.4, 0.5) is 5.69 Å². The number of carbonyl (C=O) groups is 2. The Balaban J connectivity index is 2.34. The van der Waals surface area contributed by atoms with Crippen molar-refractivity contribution in [1.82, 2.24) is 9.97 Å². The molecule has 0 radical (unpaired) electrons. The molecule has 0 aliphatic rings. The molecule has 2 amide bonds. The smallest absolute Gasteiger partial charge is 0.255 e. The van der Waals surface area contributed by atoms with E-state index < -0.39 is 11.8 Å². The van der Waals surface area contributed by atoms with Gasteiger partial charge in [-0.25, -0.2) is 4.98 Å². The topological polar surface area (TPSA) is 98.0 Å². The highest BCUT2D eigenvalue weighted by molar-refractivity contribution is 6.33. The number of aromatic nitrogens is 2. The van der Waals surface area contributed by atoms with E-state index in [-0.39, 0.29) is 16.4 Å². The minimum absolute atomic E-state index is 0.00120. The van der Waals surface area contributed by atoms with Crippen LogP contribution in [-0.4, -0.2) is 21.8 Å². The average Bonchev–Trinajstić information content (AvgIpc) is 2.41. The summed E-state index contributed by atoms with van der Waals surface area (Å²) in [5.41, 5.74) is 5.79. The predicted molar refractivity (Wildman–Crippen MR) is 70.0 cm³/mol. The number of carbonyl (C=O) groups excluding carboxylic acids is 2. The molecule has 96 valence electrons. The maximum atomic E-state index is 12.0. The normalized spacial score (nSPS) is 9.95. The van der Waals surface area contributed by atoms with E-state index in [4.69, 9.17) is 17.3 Å². The first-order chi connectivity index (χ1) is 9.09. The van der Waals surface area contributed by atoms with Crippen molar-refractivity contribution in [1.29, 1.82) is 0 Å². The number of anilines is 1. The monoisotopic (exact) mass is 276 g/mol. The highest BCUT2D eigenvalue weighted by Crippen LogP contribution is 2.23. The van der Waals surface area contributed by atoms with Gasteiger partial charge in [-0.2, -0.15) is 0 Å². The van der Waals surface area contributed by atoms with Gasteiger partial charge in [0.05, 0.1) is 11.3 Å². The third-order valence-corrected chi connectivity index (χ3v) is 2.64. The minimum atomic E-state index is -0.700. The molecule has 0 atom stereocenters. The van der Waals surface area contributed by atoms with Crippen LogP contribution in [0.5, 0.6) is 0 Å². The molecule has 19 heavy (non-hydrogen) atoms. The lowest BCUT2D eigenvalue weighted by atomic mass is 10.2. The lowest BCUT2D eigenvalue weighted by molar-refractivity contribution is 0.100. The molecule has 6 nitrogen and oxygen atoms in total. The van der Waals surface area contributed by atoms with E-state index in [1.54, 1.807) is 0 Å². The van der Waals surface area contributed by atoms with Gasteiger partial charge in [0.2, 0.25) is 0 Å². The number of hydrogen-bond donors (Lipinski definition) is 2. The van der Waals surface area contributed by atoms with Gasteiger partial charge in [0, 0.05) is 24.2 Å². The Bertz CT molecular complexity index is 631. The van der Waals surface area contributed by atoms with E-state index in [2.05, 4.69) is 15.3 Å². The summed E-state index contributed by atoms with van der Waals surface area (Å²) in [5, 5.41) is 2.51. The van der Waals surface area contributed by atoms with Gasteiger partial charge in [-0.15, -0.1) is 0 Å². The van der Waals surface area contributed by atoms with Crippen molar-refractivity contribution in [2.45, 2.75) is 0 Å². The van der Waals surface area contributed by atoms with Crippen LogP contribution in [0.2, 0.25) is 5.15 Å². The summed E-state index contributed by atoms with van der Waals surface area (Å²) in [5.74, 6) is -1.13. The number of hydrogen-bond acceptors (Lipinski definition) is 4. The van der Waals surface area contributed by atoms with Crippen molar-refractivity contribution in [2.75, 3.05) is 5.32 Å². The summed E-state index contributed by atoms with van der Waals surface area (Å²) >= 11 is 5.86. The van der Waals surface area contributed by atoms with E-state index in [1.807, 2.05) is 0 Å². The van der Waals surface area contributed by atoms with Gasteiger partial charge in [-0.3, -0.25) is 14.6 Å². The Morgan fingerprint density at radius 2 is 1.84 bits per heavy atom. The zero-order chi connectivity index (χ0) is 13.8. The number of pyridine rings is 2. The summed E-state index contributed by atoms with van der Waals surface area (Å²) < 4.78 is 0. The van der Waals surface area contributed by atoms with Crippen LogP contribution < -0.4 is 11.1 Å². The molecule has 0 spiro atoms. The summed E-state index contributed by atoms with van der Waals surface area (Å²) in [6.07, 6.45) is 4.30. The number of primary amides is 1. The van der Waals surface area contributed by atoms with Crippen LogP contribution in [0.1, 0.15) is 20.7 Å². The number of nitrogens with zero attached hydrogens (tertiary/aromatic N) is 2.